The first-order chi connectivity index (χ1) is 7.20. The Morgan fingerprint density at radius 3 is 2.88 bits per heavy atom. The van der Waals surface area contributed by atoms with Crippen molar-refractivity contribution in [3.05, 3.63) is 28.2 Å². The summed E-state index contributed by atoms with van der Waals surface area (Å²) in [5, 5.41) is 2.72. The van der Waals surface area contributed by atoms with Gasteiger partial charge >= 0.3 is 6.09 Å². The van der Waals surface area contributed by atoms with Gasteiger partial charge in [-0.15, -0.1) is 12.4 Å². The minimum Gasteiger partial charge on any atom is -0.497 e. The molecule has 0 aliphatic carbocycles. The Kier molecular flexibility index (Phi) is 4.44. The van der Waals surface area contributed by atoms with Crippen molar-refractivity contribution in [3.63, 3.8) is 0 Å². The first-order valence-electron chi connectivity index (χ1n) is 4.47. The van der Waals surface area contributed by atoms with E-state index in [9.17, 15) is 4.79 Å². The number of carbonyl (C=O) groups is 1. The van der Waals surface area contributed by atoms with E-state index in [1.54, 1.807) is 7.11 Å². The highest BCUT2D eigenvalue weighted by Gasteiger charge is 2.25. The number of cyclic esters (lactones) is 1. The number of methoxy groups -OCH3 is 1. The molecule has 0 radical (unpaired) electrons. The van der Waals surface area contributed by atoms with Gasteiger partial charge in [-0.05, 0) is 23.8 Å². The van der Waals surface area contributed by atoms with Crippen molar-refractivity contribution in [2.24, 2.45) is 0 Å². The lowest BCUT2D eigenvalue weighted by Gasteiger charge is -2.11. The number of hydrogen-bond acceptors (Lipinski definition) is 3. The smallest absolute Gasteiger partial charge is 0.407 e. The third-order valence-electron chi connectivity index (χ3n) is 2.25. The molecule has 1 atom stereocenters. The van der Waals surface area contributed by atoms with Crippen LogP contribution < -0.4 is 10.1 Å². The van der Waals surface area contributed by atoms with Gasteiger partial charge < -0.3 is 14.8 Å². The Hall–Kier alpha value is -0.940. The fraction of sp³-hybridized carbons (Fsp3) is 0.300. The van der Waals surface area contributed by atoms with E-state index in [4.69, 9.17) is 9.47 Å². The van der Waals surface area contributed by atoms with E-state index in [2.05, 4.69) is 21.2 Å². The molecule has 0 aromatic heterocycles. The van der Waals surface area contributed by atoms with Crippen LogP contribution in [0.4, 0.5) is 4.79 Å². The van der Waals surface area contributed by atoms with Gasteiger partial charge in [0.05, 0.1) is 13.2 Å². The molecule has 88 valence electrons. The first-order valence-corrected chi connectivity index (χ1v) is 5.26. The van der Waals surface area contributed by atoms with Crippen molar-refractivity contribution in [1.29, 1.82) is 0 Å². The topological polar surface area (TPSA) is 47.6 Å². The van der Waals surface area contributed by atoms with E-state index in [1.165, 1.54) is 0 Å². The van der Waals surface area contributed by atoms with Crippen LogP contribution in [0.2, 0.25) is 0 Å². The van der Waals surface area contributed by atoms with Gasteiger partial charge in [-0.2, -0.15) is 0 Å². The average Bonchev–Trinajstić information content (AvgIpc) is 2.65. The van der Waals surface area contributed by atoms with Gasteiger partial charge in [0.1, 0.15) is 12.4 Å². The molecule has 1 amide bonds. The van der Waals surface area contributed by atoms with E-state index in [-0.39, 0.29) is 24.5 Å². The molecular weight excluding hydrogens is 297 g/mol. The van der Waals surface area contributed by atoms with Gasteiger partial charge in [-0.3, -0.25) is 0 Å². The summed E-state index contributed by atoms with van der Waals surface area (Å²) in [6.07, 6.45) is -0.380. The van der Waals surface area contributed by atoms with Crippen LogP contribution in [0.5, 0.6) is 5.75 Å². The zero-order chi connectivity index (χ0) is 10.8. The molecule has 2 rings (SSSR count). The number of carbonyl (C=O) groups excluding carboxylic acids is 1. The molecule has 1 aliphatic heterocycles. The van der Waals surface area contributed by atoms with Crippen LogP contribution in [0.1, 0.15) is 11.6 Å². The number of rotatable bonds is 2. The van der Waals surface area contributed by atoms with Crippen LogP contribution in [0.15, 0.2) is 22.7 Å². The molecule has 0 unspecified atom stereocenters. The van der Waals surface area contributed by atoms with Gasteiger partial charge in [0.15, 0.2) is 0 Å². The first kappa shape index (κ1) is 13.1. The number of benzene rings is 1. The van der Waals surface area contributed by atoms with E-state index in [1.807, 2.05) is 18.2 Å². The maximum atomic E-state index is 10.9. The van der Waals surface area contributed by atoms with Gasteiger partial charge in [-0.1, -0.05) is 15.9 Å². The Morgan fingerprint density at radius 2 is 2.31 bits per heavy atom. The van der Waals surface area contributed by atoms with Crippen LogP contribution >= 0.6 is 28.3 Å². The minimum atomic E-state index is -0.380. The van der Waals surface area contributed by atoms with E-state index >= 15 is 0 Å². The summed E-state index contributed by atoms with van der Waals surface area (Å²) in [6.45, 7) is 0.352. The van der Waals surface area contributed by atoms with Crippen molar-refractivity contribution in [3.8, 4) is 5.75 Å². The minimum absolute atomic E-state index is 0. The standard InChI is InChI=1S/C10H10BrNO3.ClH/c1-14-6-2-3-8(11)7(4-6)9-5-15-10(13)12-9;/h2-4,9H,5H2,1H3,(H,12,13);1H/t9-;/m0./s1. The average molecular weight is 309 g/mol. The Labute approximate surface area is 108 Å². The van der Waals surface area contributed by atoms with Crippen LogP contribution in [-0.4, -0.2) is 19.8 Å². The fourth-order valence-corrected chi connectivity index (χ4v) is 1.99. The van der Waals surface area contributed by atoms with E-state index in [0.717, 1.165) is 15.8 Å². The molecule has 1 aromatic rings. The zero-order valence-corrected chi connectivity index (χ0v) is 10.9. The summed E-state index contributed by atoms with van der Waals surface area (Å²) in [5.41, 5.74) is 0.959. The highest BCUT2D eigenvalue weighted by Crippen LogP contribution is 2.29. The van der Waals surface area contributed by atoms with Crippen LogP contribution in [0.25, 0.3) is 0 Å². The highest BCUT2D eigenvalue weighted by atomic mass is 79.9. The quantitative estimate of drug-likeness (QED) is 0.914. The van der Waals surface area contributed by atoms with E-state index in [0.29, 0.717) is 6.61 Å². The van der Waals surface area contributed by atoms with Crippen molar-refractivity contribution in [1.82, 2.24) is 5.32 Å². The summed E-state index contributed by atoms with van der Waals surface area (Å²) in [5.74, 6) is 0.759. The molecule has 0 spiro atoms. The Balaban J connectivity index is 0.00000128. The highest BCUT2D eigenvalue weighted by molar-refractivity contribution is 9.10. The van der Waals surface area contributed by atoms with Crippen molar-refractivity contribution in [2.75, 3.05) is 13.7 Å². The Bertz CT molecular complexity index is 400. The SMILES string of the molecule is COc1ccc(Br)c([C@@H]2COC(=O)N2)c1.Cl. The monoisotopic (exact) mass is 307 g/mol. The predicted molar refractivity (Wildman–Crippen MR) is 65.2 cm³/mol. The second-order valence-electron chi connectivity index (χ2n) is 3.18. The molecular formula is C10H11BrClNO3. The lowest BCUT2D eigenvalue weighted by molar-refractivity contribution is 0.177. The zero-order valence-electron chi connectivity index (χ0n) is 8.53. The molecule has 1 heterocycles. The van der Waals surface area contributed by atoms with Crippen LogP contribution in [0, 0.1) is 0 Å². The molecule has 1 N–H and O–H groups in total. The van der Waals surface area contributed by atoms with Crippen molar-refractivity contribution in [2.45, 2.75) is 6.04 Å². The number of amides is 1. The second kappa shape index (κ2) is 5.41. The third-order valence-corrected chi connectivity index (χ3v) is 2.97. The Morgan fingerprint density at radius 1 is 1.56 bits per heavy atom. The lowest BCUT2D eigenvalue weighted by Crippen LogP contribution is -2.18. The normalized spacial score (nSPS) is 18.4. The number of alkyl carbamates (subject to hydrolysis) is 1. The maximum absolute atomic E-state index is 10.9. The summed E-state index contributed by atoms with van der Waals surface area (Å²) in [4.78, 5) is 10.9. The van der Waals surface area contributed by atoms with Crippen LogP contribution in [0.3, 0.4) is 0 Å². The fourth-order valence-electron chi connectivity index (χ4n) is 1.47. The van der Waals surface area contributed by atoms with E-state index < -0.39 is 0 Å². The maximum Gasteiger partial charge on any atom is 0.407 e. The summed E-state index contributed by atoms with van der Waals surface area (Å²) < 4.78 is 10.9. The summed E-state index contributed by atoms with van der Waals surface area (Å²) in [6, 6.07) is 5.51. The number of nitrogens with one attached hydrogen (secondary N) is 1. The largest absolute Gasteiger partial charge is 0.497 e. The van der Waals surface area contributed by atoms with Gasteiger partial charge in [0, 0.05) is 4.47 Å². The van der Waals surface area contributed by atoms with Gasteiger partial charge in [0.25, 0.3) is 0 Å². The molecule has 1 fully saturated rings. The molecule has 1 aliphatic rings. The van der Waals surface area contributed by atoms with Crippen molar-refractivity contribution >= 4 is 34.4 Å². The van der Waals surface area contributed by atoms with Crippen molar-refractivity contribution < 1.29 is 14.3 Å². The summed E-state index contributed by atoms with van der Waals surface area (Å²) in [7, 11) is 1.61. The molecule has 0 saturated carbocycles. The molecule has 4 nitrogen and oxygen atoms in total. The number of halogens is 2. The third kappa shape index (κ3) is 2.59. The molecule has 0 bridgehead atoms. The molecule has 16 heavy (non-hydrogen) atoms. The lowest BCUT2D eigenvalue weighted by atomic mass is 10.1. The molecule has 1 aromatic carbocycles. The number of hydrogen-bond donors (Lipinski definition) is 1. The van der Waals surface area contributed by atoms with Crippen LogP contribution in [-0.2, 0) is 4.74 Å². The van der Waals surface area contributed by atoms with Gasteiger partial charge in [0.2, 0.25) is 0 Å². The number of ether oxygens (including phenoxy) is 2. The molecule has 6 heteroatoms. The van der Waals surface area contributed by atoms with Gasteiger partial charge in [-0.25, -0.2) is 4.79 Å². The predicted octanol–water partition coefficient (Wildman–Crippen LogP) is 2.66. The second-order valence-corrected chi connectivity index (χ2v) is 4.04. The molecule has 1 saturated heterocycles. The summed E-state index contributed by atoms with van der Waals surface area (Å²) >= 11 is 3.43.